The van der Waals surface area contributed by atoms with Gasteiger partial charge >= 0.3 is 0 Å². The highest BCUT2D eigenvalue weighted by molar-refractivity contribution is 9.10. The van der Waals surface area contributed by atoms with Crippen LogP contribution in [0.25, 0.3) is 0 Å². The minimum absolute atomic E-state index is 0.161. The van der Waals surface area contributed by atoms with E-state index in [1.54, 1.807) is 23.6 Å². The molecule has 0 bridgehead atoms. The van der Waals surface area contributed by atoms with Gasteiger partial charge < -0.3 is 5.32 Å². The van der Waals surface area contributed by atoms with Gasteiger partial charge in [-0.3, -0.25) is 0 Å². The number of anilines is 1. The van der Waals surface area contributed by atoms with Crippen LogP contribution in [0.2, 0.25) is 0 Å². The Balaban J connectivity index is 2.45. The van der Waals surface area contributed by atoms with Crippen molar-refractivity contribution in [2.45, 2.75) is 37.1 Å². The van der Waals surface area contributed by atoms with Crippen LogP contribution in [-0.2, 0) is 10.0 Å². The number of nitrogens with one attached hydrogen (secondary N) is 1. The van der Waals surface area contributed by atoms with Gasteiger partial charge in [-0.05, 0) is 41.3 Å². The summed E-state index contributed by atoms with van der Waals surface area (Å²) in [6.45, 7) is 2.55. The number of halogens is 1. The minimum atomic E-state index is -3.49. The molecule has 0 saturated heterocycles. The van der Waals surface area contributed by atoms with Crippen LogP contribution in [0.1, 0.15) is 26.2 Å². The van der Waals surface area contributed by atoms with Gasteiger partial charge in [0.25, 0.3) is 0 Å². The fraction of sp³-hybridized carbons (Fsp3) is 0.583. The predicted octanol–water partition coefficient (Wildman–Crippen LogP) is 2.45. The van der Waals surface area contributed by atoms with Crippen LogP contribution in [0.4, 0.5) is 5.82 Å². The first-order valence-electron chi connectivity index (χ1n) is 6.35. The van der Waals surface area contributed by atoms with Crippen molar-refractivity contribution in [1.29, 1.82) is 0 Å². The summed E-state index contributed by atoms with van der Waals surface area (Å²) in [6.07, 6.45) is 4.31. The molecule has 19 heavy (non-hydrogen) atoms. The number of pyridine rings is 1. The van der Waals surface area contributed by atoms with E-state index in [-0.39, 0.29) is 10.9 Å². The Kier molecular flexibility index (Phi) is 4.47. The lowest BCUT2D eigenvalue weighted by molar-refractivity contribution is 0.403. The molecule has 1 N–H and O–H groups in total. The maximum absolute atomic E-state index is 12.8. The third-order valence-corrected chi connectivity index (χ3v) is 5.44. The van der Waals surface area contributed by atoms with Crippen LogP contribution < -0.4 is 5.32 Å². The Morgan fingerprint density at radius 1 is 1.53 bits per heavy atom. The minimum Gasteiger partial charge on any atom is -0.372 e. The summed E-state index contributed by atoms with van der Waals surface area (Å²) in [5.74, 6) is 0.393. The van der Waals surface area contributed by atoms with E-state index in [1.807, 2.05) is 6.92 Å². The third kappa shape index (κ3) is 3.09. The summed E-state index contributed by atoms with van der Waals surface area (Å²) in [4.78, 5) is 4.36. The molecule has 1 heterocycles. The standard InChI is InChI=1S/C12H18BrN3O2S/c1-3-6-16(10-4-5-10)19(17,18)11-7-9(13)8-15-12(11)14-2/h7-8,10H,3-6H2,1-2H3,(H,14,15). The molecule has 106 valence electrons. The molecule has 2 rings (SSSR count). The van der Waals surface area contributed by atoms with Gasteiger partial charge in [0, 0.05) is 30.3 Å². The fourth-order valence-electron chi connectivity index (χ4n) is 2.01. The van der Waals surface area contributed by atoms with Gasteiger partial charge in [-0.25, -0.2) is 13.4 Å². The fourth-order valence-corrected chi connectivity index (χ4v) is 4.45. The van der Waals surface area contributed by atoms with Crippen molar-refractivity contribution in [3.63, 3.8) is 0 Å². The second-order valence-corrected chi connectivity index (χ2v) is 7.37. The number of aromatic nitrogens is 1. The molecule has 0 unspecified atom stereocenters. The van der Waals surface area contributed by atoms with Crippen molar-refractivity contribution >= 4 is 31.8 Å². The second kappa shape index (κ2) is 5.76. The zero-order valence-electron chi connectivity index (χ0n) is 11.1. The van der Waals surface area contributed by atoms with Crippen molar-refractivity contribution < 1.29 is 8.42 Å². The maximum atomic E-state index is 12.8. The SMILES string of the molecule is CCCN(C1CC1)S(=O)(=O)c1cc(Br)cnc1NC. The molecule has 1 fully saturated rings. The predicted molar refractivity (Wildman–Crippen MR) is 78.7 cm³/mol. The van der Waals surface area contributed by atoms with E-state index in [0.717, 1.165) is 19.3 Å². The molecule has 7 heteroatoms. The van der Waals surface area contributed by atoms with Crippen molar-refractivity contribution in [2.24, 2.45) is 0 Å². The zero-order chi connectivity index (χ0) is 14.0. The number of hydrogen-bond donors (Lipinski definition) is 1. The van der Waals surface area contributed by atoms with E-state index in [2.05, 4.69) is 26.2 Å². The average molecular weight is 348 g/mol. The smallest absolute Gasteiger partial charge is 0.247 e. The molecule has 1 aliphatic carbocycles. The molecule has 1 aromatic rings. The normalized spacial score (nSPS) is 15.8. The quantitative estimate of drug-likeness (QED) is 0.858. The molecule has 0 aromatic carbocycles. The number of hydrogen-bond acceptors (Lipinski definition) is 4. The Bertz CT molecular complexity index is 558. The zero-order valence-corrected chi connectivity index (χ0v) is 13.5. The van der Waals surface area contributed by atoms with Crippen LogP contribution in [-0.4, -0.2) is 37.3 Å². The molecule has 1 aromatic heterocycles. The van der Waals surface area contributed by atoms with Crippen molar-refractivity contribution in [3.8, 4) is 0 Å². The monoisotopic (exact) mass is 347 g/mol. The highest BCUT2D eigenvalue weighted by atomic mass is 79.9. The van der Waals surface area contributed by atoms with Crippen LogP contribution >= 0.6 is 15.9 Å². The van der Waals surface area contributed by atoms with E-state index in [9.17, 15) is 8.42 Å². The average Bonchev–Trinajstić information content (AvgIpc) is 3.20. The van der Waals surface area contributed by atoms with Gasteiger partial charge in [0.2, 0.25) is 10.0 Å². The molecule has 0 spiro atoms. The highest BCUT2D eigenvalue weighted by Gasteiger charge is 2.38. The lowest BCUT2D eigenvalue weighted by Gasteiger charge is -2.22. The Hall–Kier alpha value is -0.660. The summed E-state index contributed by atoms with van der Waals surface area (Å²) in [6, 6.07) is 1.77. The molecule has 0 atom stereocenters. The van der Waals surface area contributed by atoms with Gasteiger partial charge in [0.15, 0.2) is 0 Å². The molecule has 5 nitrogen and oxygen atoms in total. The molecular formula is C12H18BrN3O2S. The van der Waals surface area contributed by atoms with Crippen molar-refractivity contribution in [1.82, 2.24) is 9.29 Å². The molecular weight excluding hydrogens is 330 g/mol. The third-order valence-electron chi connectivity index (χ3n) is 3.04. The highest BCUT2D eigenvalue weighted by Crippen LogP contribution is 2.34. The Morgan fingerprint density at radius 2 is 2.21 bits per heavy atom. The summed E-state index contributed by atoms with van der Waals surface area (Å²) in [7, 11) is -1.81. The number of sulfonamides is 1. The number of nitrogens with zero attached hydrogens (tertiary/aromatic N) is 2. The van der Waals surface area contributed by atoms with E-state index in [0.29, 0.717) is 16.8 Å². The Labute approximate surface area is 122 Å². The first-order valence-corrected chi connectivity index (χ1v) is 8.59. The van der Waals surface area contributed by atoms with Crippen LogP contribution in [0.3, 0.4) is 0 Å². The van der Waals surface area contributed by atoms with Gasteiger partial charge in [-0.2, -0.15) is 4.31 Å². The first kappa shape index (κ1) is 14.7. The summed E-state index contributed by atoms with van der Waals surface area (Å²) < 4.78 is 27.8. The van der Waals surface area contributed by atoms with Gasteiger partial charge in [0.05, 0.1) is 0 Å². The van der Waals surface area contributed by atoms with E-state index in [1.165, 1.54) is 0 Å². The van der Waals surface area contributed by atoms with Gasteiger partial charge in [-0.15, -0.1) is 0 Å². The lowest BCUT2D eigenvalue weighted by atomic mass is 10.4. The van der Waals surface area contributed by atoms with Crippen LogP contribution in [0.5, 0.6) is 0 Å². The lowest BCUT2D eigenvalue weighted by Crippen LogP contribution is -2.34. The second-order valence-electron chi connectivity index (χ2n) is 4.60. The molecule has 0 aliphatic heterocycles. The molecule has 0 amide bonds. The maximum Gasteiger partial charge on any atom is 0.247 e. The van der Waals surface area contributed by atoms with E-state index >= 15 is 0 Å². The summed E-state index contributed by atoms with van der Waals surface area (Å²) in [5.41, 5.74) is 0. The van der Waals surface area contributed by atoms with Crippen molar-refractivity contribution in [3.05, 3.63) is 16.7 Å². The van der Waals surface area contributed by atoms with E-state index in [4.69, 9.17) is 0 Å². The first-order chi connectivity index (χ1) is 9.00. The summed E-state index contributed by atoms with van der Waals surface area (Å²) in [5, 5.41) is 2.85. The number of rotatable bonds is 6. The topological polar surface area (TPSA) is 62.3 Å². The van der Waals surface area contributed by atoms with Gasteiger partial charge in [-0.1, -0.05) is 6.92 Å². The van der Waals surface area contributed by atoms with Gasteiger partial charge in [0.1, 0.15) is 10.7 Å². The summed E-state index contributed by atoms with van der Waals surface area (Å²) >= 11 is 3.29. The van der Waals surface area contributed by atoms with Crippen LogP contribution in [0, 0.1) is 0 Å². The van der Waals surface area contributed by atoms with Crippen LogP contribution in [0.15, 0.2) is 21.6 Å². The largest absolute Gasteiger partial charge is 0.372 e. The molecule has 1 aliphatic rings. The van der Waals surface area contributed by atoms with E-state index < -0.39 is 10.0 Å². The molecule has 0 radical (unpaired) electrons. The van der Waals surface area contributed by atoms with Crippen molar-refractivity contribution in [2.75, 3.05) is 18.9 Å². The molecule has 1 saturated carbocycles. The Morgan fingerprint density at radius 3 is 2.74 bits per heavy atom.